The van der Waals surface area contributed by atoms with Crippen molar-refractivity contribution in [1.82, 2.24) is 0 Å². The second-order valence-corrected chi connectivity index (χ2v) is 3.61. The van der Waals surface area contributed by atoms with Crippen molar-refractivity contribution in [3.05, 3.63) is 34.9 Å². The van der Waals surface area contributed by atoms with Crippen LogP contribution in [0.5, 0.6) is 0 Å². The van der Waals surface area contributed by atoms with Gasteiger partial charge in [-0.1, -0.05) is 23.7 Å². The van der Waals surface area contributed by atoms with Crippen LogP contribution in [0.3, 0.4) is 0 Å². The molecule has 84 valence electrons. The summed E-state index contributed by atoms with van der Waals surface area (Å²) in [5.41, 5.74) is 0.645. The number of alkyl halides is 4. The highest BCUT2D eigenvalue weighted by Gasteiger charge is 2.39. The highest BCUT2D eigenvalue weighted by Crippen LogP contribution is 2.26. The van der Waals surface area contributed by atoms with Gasteiger partial charge in [0.05, 0.1) is 0 Å². The van der Waals surface area contributed by atoms with E-state index in [-0.39, 0.29) is 6.42 Å². The smallest absolute Gasteiger partial charge is 0.237 e. The topological polar surface area (TPSA) is 0 Å². The molecule has 15 heavy (non-hydrogen) atoms. The molecule has 0 heterocycles. The van der Waals surface area contributed by atoms with Gasteiger partial charge >= 0.3 is 6.18 Å². The lowest BCUT2D eigenvalue weighted by Gasteiger charge is -2.11. The van der Waals surface area contributed by atoms with Gasteiger partial charge in [-0.3, -0.25) is 0 Å². The zero-order valence-corrected chi connectivity index (χ0v) is 8.45. The standard InChI is InChI=1S/C10H9ClF4/c11-8-4-1-7(2-5-8)3-6-9(12)10(13,14)15/h1-2,4-5,9H,3,6H2. The molecular formula is C10H9ClF4. The maximum absolute atomic E-state index is 12.5. The third-order valence-corrected chi connectivity index (χ3v) is 2.21. The molecule has 0 aromatic heterocycles. The molecule has 0 aliphatic heterocycles. The van der Waals surface area contributed by atoms with E-state index in [1.54, 1.807) is 24.3 Å². The van der Waals surface area contributed by atoms with Gasteiger partial charge < -0.3 is 0 Å². The van der Waals surface area contributed by atoms with Crippen molar-refractivity contribution >= 4 is 11.6 Å². The van der Waals surface area contributed by atoms with E-state index in [0.29, 0.717) is 10.6 Å². The molecule has 0 amide bonds. The Morgan fingerprint density at radius 1 is 1.13 bits per heavy atom. The van der Waals surface area contributed by atoms with Gasteiger partial charge in [0.2, 0.25) is 0 Å². The first kappa shape index (κ1) is 12.3. The summed E-state index contributed by atoms with van der Waals surface area (Å²) in [5, 5.41) is 0.506. The van der Waals surface area contributed by atoms with Crippen LogP contribution in [0.4, 0.5) is 17.6 Å². The fourth-order valence-electron chi connectivity index (χ4n) is 1.11. The van der Waals surface area contributed by atoms with Crippen LogP contribution in [0.25, 0.3) is 0 Å². The van der Waals surface area contributed by atoms with E-state index >= 15 is 0 Å². The molecule has 0 aliphatic rings. The van der Waals surface area contributed by atoms with Crippen molar-refractivity contribution in [2.75, 3.05) is 0 Å². The van der Waals surface area contributed by atoms with Crippen molar-refractivity contribution in [3.63, 3.8) is 0 Å². The molecule has 0 spiro atoms. The minimum atomic E-state index is -4.76. The van der Waals surface area contributed by atoms with Gasteiger partial charge in [-0.2, -0.15) is 13.2 Å². The molecule has 0 bridgehead atoms. The highest BCUT2D eigenvalue weighted by atomic mass is 35.5. The van der Waals surface area contributed by atoms with Gasteiger partial charge in [-0.25, -0.2) is 4.39 Å². The number of rotatable bonds is 3. The normalized spacial score (nSPS) is 13.9. The first-order valence-electron chi connectivity index (χ1n) is 4.35. The third kappa shape index (κ3) is 4.08. The molecule has 0 radical (unpaired) electrons. The largest absolute Gasteiger partial charge is 0.419 e. The maximum Gasteiger partial charge on any atom is 0.419 e. The fourth-order valence-corrected chi connectivity index (χ4v) is 1.23. The Hall–Kier alpha value is -0.770. The summed E-state index contributed by atoms with van der Waals surface area (Å²) < 4.78 is 48.0. The van der Waals surface area contributed by atoms with Gasteiger partial charge in [0, 0.05) is 5.02 Å². The van der Waals surface area contributed by atoms with Crippen LogP contribution >= 0.6 is 11.6 Å². The zero-order valence-electron chi connectivity index (χ0n) is 7.69. The molecule has 1 aromatic carbocycles. The third-order valence-electron chi connectivity index (χ3n) is 1.95. The predicted octanol–water partition coefficient (Wildman–Crippen LogP) is 4.17. The van der Waals surface area contributed by atoms with Crippen LogP contribution in [-0.4, -0.2) is 12.3 Å². The van der Waals surface area contributed by atoms with E-state index < -0.39 is 18.8 Å². The Labute approximate surface area is 89.9 Å². The monoisotopic (exact) mass is 240 g/mol. The summed E-state index contributed by atoms with van der Waals surface area (Å²) in [7, 11) is 0. The molecule has 0 aliphatic carbocycles. The Morgan fingerprint density at radius 2 is 1.67 bits per heavy atom. The lowest BCUT2D eigenvalue weighted by atomic mass is 10.1. The molecule has 0 N–H and O–H groups in total. The minimum absolute atomic E-state index is 0.0534. The molecule has 0 nitrogen and oxygen atoms in total. The van der Waals surface area contributed by atoms with E-state index in [1.165, 1.54) is 0 Å². The summed E-state index contributed by atoms with van der Waals surface area (Å²) in [6.45, 7) is 0. The van der Waals surface area contributed by atoms with Crippen molar-refractivity contribution < 1.29 is 17.6 Å². The predicted molar refractivity (Wildman–Crippen MR) is 50.7 cm³/mol. The van der Waals surface area contributed by atoms with Gasteiger partial charge in [0.1, 0.15) is 0 Å². The van der Waals surface area contributed by atoms with E-state index in [0.717, 1.165) is 0 Å². The van der Waals surface area contributed by atoms with E-state index in [9.17, 15) is 17.6 Å². The first-order chi connectivity index (χ1) is 6.89. The van der Waals surface area contributed by atoms with Crippen molar-refractivity contribution in [1.29, 1.82) is 0 Å². The second-order valence-electron chi connectivity index (χ2n) is 3.17. The lowest BCUT2D eigenvalue weighted by molar-refractivity contribution is -0.181. The Balaban J connectivity index is 2.47. The van der Waals surface area contributed by atoms with Crippen molar-refractivity contribution in [2.45, 2.75) is 25.2 Å². The zero-order chi connectivity index (χ0) is 11.5. The second kappa shape index (κ2) is 4.84. The summed E-state index contributed by atoms with van der Waals surface area (Å²) >= 11 is 5.59. The molecule has 1 aromatic rings. The number of aryl methyl sites for hydroxylation is 1. The van der Waals surface area contributed by atoms with Crippen molar-refractivity contribution in [3.8, 4) is 0 Å². The van der Waals surface area contributed by atoms with Crippen LogP contribution in [0.15, 0.2) is 24.3 Å². The van der Waals surface area contributed by atoms with Crippen LogP contribution in [0.1, 0.15) is 12.0 Å². The fraction of sp³-hybridized carbons (Fsp3) is 0.400. The number of hydrogen-bond donors (Lipinski definition) is 0. The summed E-state index contributed by atoms with van der Waals surface area (Å²) in [5.74, 6) is 0. The molecule has 1 unspecified atom stereocenters. The van der Waals surface area contributed by atoms with Gasteiger partial charge in [-0.15, -0.1) is 0 Å². The van der Waals surface area contributed by atoms with Crippen LogP contribution < -0.4 is 0 Å². The molecule has 1 rings (SSSR count). The van der Waals surface area contributed by atoms with Gasteiger partial charge in [-0.05, 0) is 30.5 Å². The summed E-state index contributed by atoms with van der Waals surface area (Å²) in [4.78, 5) is 0. The Morgan fingerprint density at radius 3 is 2.13 bits per heavy atom. The molecule has 1 atom stereocenters. The Bertz CT molecular complexity index is 304. The molecule has 0 saturated heterocycles. The molecule has 0 saturated carbocycles. The van der Waals surface area contributed by atoms with Crippen LogP contribution in [0.2, 0.25) is 5.02 Å². The molecule has 0 fully saturated rings. The lowest BCUT2D eigenvalue weighted by Crippen LogP contribution is -2.24. The first-order valence-corrected chi connectivity index (χ1v) is 4.72. The quantitative estimate of drug-likeness (QED) is 0.696. The van der Waals surface area contributed by atoms with E-state index in [4.69, 9.17) is 11.6 Å². The van der Waals surface area contributed by atoms with Crippen molar-refractivity contribution in [2.24, 2.45) is 0 Å². The number of hydrogen-bond acceptors (Lipinski definition) is 0. The van der Waals surface area contributed by atoms with E-state index in [1.807, 2.05) is 0 Å². The minimum Gasteiger partial charge on any atom is -0.237 e. The highest BCUT2D eigenvalue weighted by molar-refractivity contribution is 6.30. The van der Waals surface area contributed by atoms with Crippen LogP contribution in [-0.2, 0) is 6.42 Å². The SMILES string of the molecule is FC(CCc1ccc(Cl)cc1)C(F)(F)F. The van der Waals surface area contributed by atoms with Gasteiger partial charge in [0.25, 0.3) is 0 Å². The molecule has 5 heteroatoms. The maximum atomic E-state index is 12.5. The molecular weight excluding hydrogens is 232 g/mol. The summed E-state index contributed by atoms with van der Waals surface area (Å²) in [6.07, 6.45) is -8.01. The average Bonchev–Trinajstić information content (AvgIpc) is 2.15. The number of halogens is 5. The Kier molecular flexibility index (Phi) is 3.97. The van der Waals surface area contributed by atoms with E-state index in [2.05, 4.69) is 0 Å². The summed E-state index contributed by atoms with van der Waals surface area (Å²) in [6, 6.07) is 6.31. The number of benzene rings is 1. The van der Waals surface area contributed by atoms with Gasteiger partial charge in [0.15, 0.2) is 6.17 Å². The average molecular weight is 241 g/mol. The van der Waals surface area contributed by atoms with Crippen LogP contribution in [0, 0.1) is 0 Å².